The summed E-state index contributed by atoms with van der Waals surface area (Å²) in [6, 6.07) is 3.42. The van der Waals surface area contributed by atoms with Crippen LogP contribution in [0, 0.1) is 35.8 Å². The van der Waals surface area contributed by atoms with Gasteiger partial charge in [-0.3, -0.25) is 0 Å². The molecule has 15 heavy (non-hydrogen) atoms. The lowest BCUT2D eigenvalue weighted by atomic mass is 10.3. The maximum atomic E-state index is 8.36. The molecule has 0 saturated carbocycles. The molecular weight excluding hydrogens is 192 g/mol. The van der Waals surface area contributed by atoms with Gasteiger partial charge in [-0.15, -0.1) is 0 Å². The second-order valence-corrected chi connectivity index (χ2v) is 2.03. The quantitative estimate of drug-likeness (QED) is 0.298. The van der Waals surface area contributed by atoms with E-state index < -0.39 is 0 Å². The number of rotatable bonds is 2. The minimum Gasteiger partial charge on any atom is -0.511 e. The highest BCUT2D eigenvalue weighted by molar-refractivity contribution is 5.30. The van der Waals surface area contributed by atoms with Crippen LogP contribution in [0.1, 0.15) is 13.3 Å². The van der Waals surface area contributed by atoms with Gasteiger partial charge in [0.25, 0.3) is 12.2 Å². The van der Waals surface area contributed by atoms with Crippen molar-refractivity contribution in [2.45, 2.75) is 13.3 Å². The second-order valence-electron chi connectivity index (χ2n) is 2.03. The molecule has 0 radical (unpaired) electrons. The Labute approximate surface area is 89.4 Å². The first-order valence-electron chi connectivity index (χ1n) is 3.96. The van der Waals surface area contributed by atoms with Crippen LogP contribution in [0.5, 0.6) is 0 Å². The Hall–Kier alpha value is -2.50. The highest BCUT2D eigenvalue weighted by Gasteiger charge is 2.02. The zero-order chi connectivity index (χ0) is 12.1. The molecule has 0 aliphatic heterocycles. The van der Waals surface area contributed by atoms with E-state index in [0.29, 0.717) is 12.2 Å². The first-order valence-corrected chi connectivity index (χ1v) is 3.96. The number of allylic oxidation sites excluding steroid dienone is 2. The molecule has 0 heterocycles. The van der Waals surface area contributed by atoms with Crippen molar-refractivity contribution >= 4 is 0 Å². The van der Waals surface area contributed by atoms with E-state index in [1.807, 2.05) is 6.92 Å². The zero-order valence-electron chi connectivity index (χ0n) is 8.61. The molecule has 0 atom stereocenters. The molecule has 0 aromatic rings. The Balaban J connectivity index is 0. The van der Waals surface area contributed by atoms with Gasteiger partial charge in [-0.25, -0.2) is 16.7 Å². The van der Waals surface area contributed by atoms with E-state index in [2.05, 4.69) is 9.69 Å². The average molecular weight is 202 g/mol. The summed E-state index contributed by atoms with van der Waals surface area (Å²) < 4.78 is 4.79. The minimum atomic E-state index is -0.0139. The van der Waals surface area contributed by atoms with Crippen LogP contribution in [-0.4, -0.2) is 13.7 Å². The fourth-order valence-corrected chi connectivity index (χ4v) is 0.594. The van der Waals surface area contributed by atoms with Crippen LogP contribution < -0.4 is 0 Å². The molecule has 0 saturated heterocycles. The Morgan fingerprint density at radius 3 is 2.07 bits per heavy atom. The highest BCUT2D eigenvalue weighted by Crippen LogP contribution is 2.08. The molecular formula is C10H10N4O. The monoisotopic (exact) mass is 202 g/mol. The molecule has 0 aliphatic carbocycles. The first-order chi connectivity index (χ1) is 7.21. The Bertz CT molecular complexity index is 336. The molecule has 0 unspecified atom stereocenters. The fraction of sp³-hybridized carbons (Fsp3) is 0.400. The van der Waals surface area contributed by atoms with Crippen molar-refractivity contribution in [3.63, 3.8) is 0 Å². The smallest absolute Gasteiger partial charge is 0.298 e. The van der Waals surface area contributed by atoms with E-state index in [0.717, 1.165) is 0 Å². The van der Waals surface area contributed by atoms with Gasteiger partial charge >= 0.3 is 0 Å². The number of hydrogen-bond donors (Lipinski definition) is 0. The van der Waals surface area contributed by atoms with Crippen LogP contribution in [0.15, 0.2) is 11.5 Å². The zero-order valence-corrected chi connectivity index (χ0v) is 8.61. The van der Waals surface area contributed by atoms with E-state index in [1.165, 1.54) is 7.11 Å². The predicted octanol–water partition coefficient (Wildman–Crippen LogP) is 2.13. The number of hydrogen-bond acceptors (Lipinski definition) is 3. The fourth-order valence-electron chi connectivity index (χ4n) is 0.594. The number of nitriles is 2. The molecule has 0 spiro atoms. The van der Waals surface area contributed by atoms with Gasteiger partial charge in [-0.05, 0) is 6.42 Å². The third-order valence-corrected chi connectivity index (χ3v) is 1.20. The third-order valence-electron chi connectivity index (χ3n) is 1.20. The van der Waals surface area contributed by atoms with Crippen LogP contribution in [0.4, 0.5) is 0 Å². The lowest BCUT2D eigenvalue weighted by Crippen LogP contribution is -1.87. The van der Waals surface area contributed by atoms with Crippen LogP contribution in [0.25, 0.3) is 9.69 Å². The molecule has 5 nitrogen and oxygen atoms in total. The van der Waals surface area contributed by atoms with E-state index in [4.69, 9.17) is 28.4 Å². The molecule has 76 valence electrons. The lowest BCUT2D eigenvalue weighted by molar-refractivity contribution is 0.278. The molecule has 0 aromatic heterocycles. The summed E-state index contributed by atoms with van der Waals surface area (Å²) in [5.74, 6) is 0.456. The van der Waals surface area contributed by atoms with E-state index in [-0.39, 0.29) is 12.2 Å². The summed E-state index contributed by atoms with van der Waals surface area (Å²) in [5.41, 5.74) is 0.0463. The van der Waals surface area contributed by atoms with Crippen molar-refractivity contribution in [1.29, 1.82) is 10.5 Å². The largest absolute Gasteiger partial charge is 0.511 e. The van der Waals surface area contributed by atoms with Gasteiger partial charge in [0.05, 0.1) is 19.8 Å². The van der Waals surface area contributed by atoms with Gasteiger partial charge < -0.3 is 9.58 Å². The van der Waals surface area contributed by atoms with Crippen molar-refractivity contribution in [3.8, 4) is 12.1 Å². The SMILES string of the molecule is [C-]#[N+]/C(C#N)=C(\CC)OC.[C-]#[N+]CC#N. The lowest BCUT2D eigenvalue weighted by Gasteiger charge is -2.00. The molecule has 0 amide bonds. The minimum absolute atomic E-state index is 0.0139. The van der Waals surface area contributed by atoms with Crippen molar-refractivity contribution in [1.82, 2.24) is 0 Å². The van der Waals surface area contributed by atoms with Gasteiger partial charge in [0.2, 0.25) is 0 Å². The standard InChI is InChI=1S/C7H8N2O.C3H2N2/c1-4-7(10-3)6(5-8)9-2;1-5-3-2-4/h4H2,1,3H3;3H2/b7-6+;. The number of methoxy groups -OCH3 is 1. The third kappa shape index (κ3) is 7.85. The summed E-state index contributed by atoms with van der Waals surface area (Å²) in [6.45, 7) is 14.4. The molecule has 0 aromatic carbocycles. The Morgan fingerprint density at radius 1 is 1.40 bits per heavy atom. The van der Waals surface area contributed by atoms with Crippen molar-refractivity contribution in [2.24, 2.45) is 0 Å². The van der Waals surface area contributed by atoms with Crippen molar-refractivity contribution in [2.75, 3.05) is 13.7 Å². The average Bonchev–Trinajstić information content (AvgIpc) is 2.27. The van der Waals surface area contributed by atoms with Gasteiger partial charge in [-0.1, -0.05) is 6.92 Å². The normalized spacial score (nSPS) is 8.67. The number of nitrogens with zero attached hydrogens (tertiary/aromatic N) is 4. The van der Waals surface area contributed by atoms with E-state index in [1.54, 1.807) is 12.1 Å². The molecule has 0 fully saturated rings. The summed E-state index contributed by atoms with van der Waals surface area (Å²) in [5, 5.41) is 16.0. The van der Waals surface area contributed by atoms with E-state index in [9.17, 15) is 0 Å². The Morgan fingerprint density at radius 2 is 2.00 bits per heavy atom. The maximum Gasteiger partial charge on any atom is 0.298 e. The molecule has 5 heteroatoms. The van der Waals surface area contributed by atoms with Gasteiger partial charge in [0.1, 0.15) is 11.8 Å². The van der Waals surface area contributed by atoms with Crippen molar-refractivity contribution < 1.29 is 4.74 Å². The Kier molecular flexibility index (Phi) is 11.5. The summed E-state index contributed by atoms with van der Waals surface area (Å²) in [4.78, 5) is 5.74. The van der Waals surface area contributed by atoms with Crippen LogP contribution in [0.2, 0.25) is 0 Å². The van der Waals surface area contributed by atoms with Crippen molar-refractivity contribution in [3.05, 3.63) is 34.3 Å². The summed E-state index contributed by atoms with van der Waals surface area (Å²) in [6.07, 6.45) is 0.585. The highest BCUT2D eigenvalue weighted by atomic mass is 16.5. The predicted molar refractivity (Wildman–Crippen MR) is 53.6 cm³/mol. The van der Waals surface area contributed by atoms with Crippen LogP contribution in [0.3, 0.4) is 0 Å². The molecule has 0 bridgehead atoms. The number of ether oxygens (including phenoxy) is 1. The second kappa shape index (κ2) is 11.5. The van der Waals surface area contributed by atoms with Crippen LogP contribution in [-0.2, 0) is 4.74 Å². The molecule has 0 rings (SSSR count). The van der Waals surface area contributed by atoms with E-state index >= 15 is 0 Å². The summed E-state index contributed by atoms with van der Waals surface area (Å²) in [7, 11) is 1.46. The first kappa shape index (κ1) is 15.0. The van der Waals surface area contributed by atoms with Crippen LogP contribution >= 0.6 is 0 Å². The molecule has 0 aliphatic rings. The molecule has 0 N–H and O–H groups in total. The summed E-state index contributed by atoms with van der Waals surface area (Å²) >= 11 is 0. The maximum absolute atomic E-state index is 8.36. The van der Waals surface area contributed by atoms with Gasteiger partial charge in [-0.2, -0.15) is 5.26 Å². The van der Waals surface area contributed by atoms with Gasteiger partial charge in [0, 0.05) is 0 Å². The topological polar surface area (TPSA) is 65.5 Å². The van der Waals surface area contributed by atoms with Gasteiger partial charge in [0.15, 0.2) is 0 Å².